The molecule has 1 saturated heterocycles. The van der Waals surface area contributed by atoms with Crippen molar-refractivity contribution in [3.8, 4) is 22.6 Å². The molecule has 242 valence electrons. The largest absolute Gasteiger partial charge is 0.493 e. The number of aliphatic imine (C=N–C) groups is 1. The number of carbonyl (C=O) groups excluding carboxylic acids is 1. The fraction of sp³-hybridized carbons (Fsp3) is 0.297. The van der Waals surface area contributed by atoms with Gasteiger partial charge in [-0.3, -0.25) is 14.6 Å². The molecule has 10 heteroatoms. The molecular weight excluding hydrogens is 594 g/mol. The quantitative estimate of drug-likeness (QED) is 0.260. The van der Waals surface area contributed by atoms with Crippen LogP contribution in [0, 0.1) is 12.8 Å². The average molecular weight is 634 g/mol. The van der Waals surface area contributed by atoms with E-state index < -0.39 is 16.8 Å². The van der Waals surface area contributed by atoms with Crippen LogP contribution < -0.4 is 26.4 Å². The number of pyridine rings is 2. The third-order valence-electron chi connectivity index (χ3n) is 9.16. The number of anilines is 1. The van der Waals surface area contributed by atoms with Crippen LogP contribution >= 0.6 is 0 Å². The molecule has 10 nitrogen and oxygen atoms in total. The van der Waals surface area contributed by atoms with Crippen LogP contribution in [-0.4, -0.2) is 49.1 Å². The standard InChI is InChI=1S/C37H39N5O5/c1-23-6-8-25(9-7-23)28-21-42(20-24-13-17-47-18-14-24)34(32(33(28)43)36(39)44)37(26-10-11-30(45-2)31(19-26)46-3)15-12-29(41-22-37)27-5-4-16-40-35(27)38/h4-12,16,19,21-22,24H,13-15,17-18,20H2,1-3H3,(H2,38,40)(H2,39,44). The van der Waals surface area contributed by atoms with Crippen LogP contribution in [0.5, 0.6) is 11.5 Å². The number of aromatic nitrogens is 2. The number of ether oxygens (including phenoxy) is 3. The zero-order valence-corrected chi connectivity index (χ0v) is 26.9. The normalized spacial score (nSPS) is 18.1. The zero-order chi connectivity index (χ0) is 33.1. The number of nitrogen functional groups attached to an aromatic ring is 1. The summed E-state index contributed by atoms with van der Waals surface area (Å²) >= 11 is 0. The summed E-state index contributed by atoms with van der Waals surface area (Å²) < 4.78 is 19.0. The first-order valence-corrected chi connectivity index (χ1v) is 15.7. The van der Waals surface area contributed by atoms with E-state index in [0.29, 0.717) is 71.6 Å². The summed E-state index contributed by atoms with van der Waals surface area (Å²) in [5.41, 5.74) is 15.5. The van der Waals surface area contributed by atoms with E-state index in [1.807, 2.05) is 72.3 Å². The Morgan fingerprint density at radius 1 is 1.04 bits per heavy atom. The number of rotatable bonds is 9. The predicted octanol–water partition coefficient (Wildman–Crippen LogP) is 5.15. The lowest BCUT2D eigenvalue weighted by Gasteiger charge is -2.37. The molecule has 6 rings (SSSR count). The minimum absolute atomic E-state index is 0.0749. The van der Waals surface area contributed by atoms with E-state index in [2.05, 4.69) is 4.98 Å². The fourth-order valence-corrected chi connectivity index (χ4v) is 6.62. The Labute approximate surface area is 273 Å². The lowest BCUT2D eigenvalue weighted by Crippen LogP contribution is -2.41. The number of nitrogens with two attached hydrogens (primary N) is 2. The highest BCUT2D eigenvalue weighted by Crippen LogP contribution is 2.44. The van der Waals surface area contributed by atoms with Gasteiger partial charge in [-0.15, -0.1) is 0 Å². The predicted molar refractivity (Wildman–Crippen MR) is 183 cm³/mol. The monoisotopic (exact) mass is 633 g/mol. The van der Waals surface area contributed by atoms with Crippen molar-refractivity contribution in [2.24, 2.45) is 16.6 Å². The molecule has 4 aromatic rings. The van der Waals surface area contributed by atoms with E-state index in [1.54, 1.807) is 32.7 Å². The maximum atomic E-state index is 14.5. The van der Waals surface area contributed by atoms with E-state index in [-0.39, 0.29) is 11.5 Å². The molecule has 1 amide bonds. The first-order valence-electron chi connectivity index (χ1n) is 15.7. The first-order chi connectivity index (χ1) is 22.8. The molecule has 0 spiro atoms. The minimum Gasteiger partial charge on any atom is -0.493 e. The second-order valence-electron chi connectivity index (χ2n) is 12.1. The first kappa shape index (κ1) is 31.7. The molecule has 1 atom stereocenters. The summed E-state index contributed by atoms with van der Waals surface area (Å²) in [6.07, 6.45) is 9.29. The highest BCUT2D eigenvalue weighted by atomic mass is 16.5. The number of carbonyl (C=O) groups is 1. The lowest BCUT2D eigenvalue weighted by atomic mass is 9.71. The Balaban J connectivity index is 1.65. The van der Waals surface area contributed by atoms with Gasteiger partial charge < -0.3 is 30.2 Å². The Kier molecular flexibility index (Phi) is 8.95. The van der Waals surface area contributed by atoms with Gasteiger partial charge in [-0.05, 0) is 67.5 Å². The smallest absolute Gasteiger partial charge is 0.254 e. The molecule has 2 aliphatic rings. The highest BCUT2D eigenvalue weighted by Gasteiger charge is 2.42. The van der Waals surface area contributed by atoms with Crippen molar-refractivity contribution in [3.63, 3.8) is 0 Å². The van der Waals surface area contributed by atoms with Crippen molar-refractivity contribution in [2.45, 2.75) is 38.1 Å². The minimum atomic E-state index is -1.10. The van der Waals surface area contributed by atoms with Crippen LogP contribution in [-0.2, 0) is 16.7 Å². The number of nitrogens with zero attached hydrogens (tertiary/aromatic N) is 3. The average Bonchev–Trinajstić information content (AvgIpc) is 3.09. The van der Waals surface area contributed by atoms with Gasteiger partial charge in [-0.2, -0.15) is 0 Å². The molecule has 0 radical (unpaired) electrons. The Morgan fingerprint density at radius 3 is 2.43 bits per heavy atom. The molecule has 2 aliphatic heterocycles. The van der Waals surface area contributed by atoms with E-state index in [4.69, 9.17) is 30.7 Å². The third kappa shape index (κ3) is 6.04. The summed E-state index contributed by atoms with van der Waals surface area (Å²) in [6.45, 7) is 3.83. The second-order valence-corrected chi connectivity index (χ2v) is 12.1. The van der Waals surface area contributed by atoms with E-state index in [1.165, 1.54) is 0 Å². The number of primary amides is 1. The van der Waals surface area contributed by atoms with Crippen LogP contribution in [0.2, 0.25) is 0 Å². The summed E-state index contributed by atoms with van der Waals surface area (Å²) in [5, 5.41) is 0. The van der Waals surface area contributed by atoms with Gasteiger partial charge >= 0.3 is 0 Å². The molecule has 4 heterocycles. The molecule has 4 N–H and O–H groups in total. The SMILES string of the molecule is COc1ccc(C2(c3c(C(N)=O)c(=O)c(-c4ccc(C)cc4)cn3CC3CCOCC3)C=NC(c3cccnc3N)=CC2)cc1OC. The summed E-state index contributed by atoms with van der Waals surface area (Å²) in [6, 6.07) is 16.9. The van der Waals surface area contributed by atoms with Gasteiger partial charge in [-0.25, -0.2) is 4.98 Å². The van der Waals surface area contributed by atoms with Crippen LogP contribution in [0.25, 0.3) is 16.8 Å². The fourth-order valence-electron chi connectivity index (χ4n) is 6.62. The van der Waals surface area contributed by atoms with Gasteiger partial charge in [0.15, 0.2) is 11.5 Å². The van der Waals surface area contributed by atoms with Gasteiger partial charge in [-0.1, -0.05) is 42.0 Å². The maximum Gasteiger partial charge on any atom is 0.254 e. The van der Waals surface area contributed by atoms with Gasteiger partial charge in [0.25, 0.3) is 5.91 Å². The molecule has 0 saturated carbocycles. The van der Waals surface area contributed by atoms with Gasteiger partial charge in [0, 0.05) is 49.5 Å². The summed E-state index contributed by atoms with van der Waals surface area (Å²) in [4.78, 5) is 37.2. The zero-order valence-electron chi connectivity index (χ0n) is 26.9. The molecule has 1 fully saturated rings. The van der Waals surface area contributed by atoms with Gasteiger partial charge in [0.05, 0.1) is 31.0 Å². The number of aryl methyl sites for hydroxylation is 1. The van der Waals surface area contributed by atoms with Crippen LogP contribution in [0.1, 0.15) is 52.0 Å². The molecule has 0 aliphatic carbocycles. The molecule has 1 unspecified atom stereocenters. The van der Waals surface area contributed by atoms with Crippen molar-refractivity contribution < 1.29 is 19.0 Å². The van der Waals surface area contributed by atoms with E-state index >= 15 is 0 Å². The molecule has 2 aromatic heterocycles. The number of amides is 1. The number of hydrogen-bond acceptors (Lipinski definition) is 8. The molecule has 47 heavy (non-hydrogen) atoms. The number of hydrogen-bond donors (Lipinski definition) is 2. The third-order valence-corrected chi connectivity index (χ3v) is 9.16. The van der Waals surface area contributed by atoms with Crippen molar-refractivity contribution >= 4 is 23.6 Å². The van der Waals surface area contributed by atoms with Gasteiger partial charge in [0.2, 0.25) is 5.43 Å². The second kappa shape index (κ2) is 13.3. The van der Waals surface area contributed by atoms with Crippen LogP contribution in [0.3, 0.4) is 0 Å². The lowest BCUT2D eigenvalue weighted by molar-refractivity contribution is 0.0608. The van der Waals surface area contributed by atoms with Crippen molar-refractivity contribution in [3.05, 3.63) is 111 Å². The number of methoxy groups -OCH3 is 2. The summed E-state index contributed by atoms with van der Waals surface area (Å²) in [5.74, 6) is 0.841. The van der Waals surface area contributed by atoms with E-state index in [9.17, 15) is 9.59 Å². The highest BCUT2D eigenvalue weighted by molar-refractivity contribution is 5.99. The topological polar surface area (TPSA) is 144 Å². The summed E-state index contributed by atoms with van der Waals surface area (Å²) in [7, 11) is 3.14. The Bertz CT molecular complexity index is 1920. The van der Waals surface area contributed by atoms with Crippen LogP contribution in [0.4, 0.5) is 5.82 Å². The van der Waals surface area contributed by atoms with Crippen molar-refractivity contribution in [1.29, 1.82) is 0 Å². The molecule has 0 bridgehead atoms. The maximum absolute atomic E-state index is 14.5. The van der Waals surface area contributed by atoms with E-state index in [0.717, 1.165) is 24.0 Å². The van der Waals surface area contributed by atoms with Crippen LogP contribution in [0.15, 0.2) is 82.9 Å². The van der Waals surface area contributed by atoms with Crippen molar-refractivity contribution in [2.75, 3.05) is 33.2 Å². The van der Waals surface area contributed by atoms with Gasteiger partial charge in [0.1, 0.15) is 11.4 Å². The van der Waals surface area contributed by atoms with Crippen molar-refractivity contribution in [1.82, 2.24) is 9.55 Å². The Hall–Kier alpha value is -5.22. The number of benzene rings is 2. The Morgan fingerprint density at radius 2 is 1.79 bits per heavy atom. The molecular formula is C37H39N5O5. The number of allylic oxidation sites excluding steroid dienone is 1. The molecule has 2 aromatic carbocycles.